The minimum atomic E-state index is -1.00. The Balaban J connectivity index is 2.16. The Labute approximate surface area is 96.8 Å². The number of hydrogen-bond donors (Lipinski definition) is 2. The number of benzene rings is 1. The second kappa shape index (κ2) is 4.67. The number of rotatable bonds is 1. The van der Waals surface area contributed by atoms with Crippen molar-refractivity contribution in [3.05, 3.63) is 35.4 Å². The highest BCUT2D eigenvalue weighted by Crippen LogP contribution is 2.19. The van der Waals surface area contributed by atoms with Crippen molar-refractivity contribution in [3.8, 4) is 0 Å². The number of piperazine rings is 1. The van der Waals surface area contributed by atoms with E-state index < -0.39 is 17.7 Å². The summed E-state index contributed by atoms with van der Waals surface area (Å²) in [5.41, 5.74) is 0.551. The summed E-state index contributed by atoms with van der Waals surface area (Å²) in [5.74, 6) is -1.82. The molecule has 1 aromatic rings. The molecule has 1 unspecified atom stereocenters. The molecule has 1 aliphatic heterocycles. The maximum Gasteiger partial charge on any atom is 0.407 e. The average Bonchev–Trinajstić information content (AvgIpc) is 2.33. The van der Waals surface area contributed by atoms with E-state index in [1.807, 2.05) is 0 Å². The van der Waals surface area contributed by atoms with E-state index in [0.717, 1.165) is 12.1 Å². The van der Waals surface area contributed by atoms with Gasteiger partial charge in [0.2, 0.25) is 0 Å². The van der Waals surface area contributed by atoms with Crippen LogP contribution in [0.1, 0.15) is 11.6 Å². The fourth-order valence-corrected chi connectivity index (χ4v) is 1.88. The largest absolute Gasteiger partial charge is 0.465 e. The molecule has 6 heteroatoms. The van der Waals surface area contributed by atoms with Crippen LogP contribution < -0.4 is 5.32 Å². The third kappa shape index (κ3) is 2.52. The summed E-state index contributed by atoms with van der Waals surface area (Å²) in [5, 5.41) is 11.9. The number of hydrogen-bond acceptors (Lipinski definition) is 2. The van der Waals surface area contributed by atoms with E-state index in [4.69, 9.17) is 5.11 Å². The first-order valence-electron chi connectivity index (χ1n) is 5.24. The normalized spacial score (nSPS) is 20.4. The van der Waals surface area contributed by atoms with Crippen molar-refractivity contribution in [3.63, 3.8) is 0 Å². The lowest BCUT2D eigenvalue weighted by atomic mass is 10.0. The van der Waals surface area contributed by atoms with E-state index in [2.05, 4.69) is 5.32 Å². The minimum Gasteiger partial charge on any atom is -0.465 e. The van der Waals surface area contributed by atoms with Gasteiger partial charge in [0.05, 0.1) is 6.04 Å². The topological polar surface area (TPSA) is 52.6 Å². The van der Waals surface area contributed by atoms with Gasteiger partial charge >= 0.3 is 6.09 Å². The molecule has 0 aromatic heterocycles. The van der Waals surface area contributed by atoms with Crippen molar-refractivity contribution in [1.82, 2.24) is 10.2 Å². The lowest BCUT2D eigenvalue weighted by Gasteiger charge is -2.32. The Morgan fingerprint density at radius 1 is 1.41 bits per heavy atom. The summed E-state index contributed by atoms with van der Waals surface area (Å²) in [6, 6.07) is 3.31. The SMILES string of the molecule is O=C(O)N1CCNC(c2ccc(F)c(F)c2)C1. The van der Waals surface area contributed by atoms with Crippen molar-refractivity contribution in [1.29, 1.82) is 0 Å². The van der Waals surface area contributed by atoms with Gasteiger partial charge in [-0.2, -0.15) is 0 Å². The molecule has 1 saturated heterocycles. The van der Waals surface area contributed by atoms with Crippen LogP contribution in [-0.2, 0) is 0 Å². The second-order valence-electron chi connectivity index (χ2n) is 3.91. The van der Waals surface area contributed by atoms with Gasteiger partial charge in [-0.15, -0.1) is 0 Å². The molecule has 0 saturated carbocycles. The van der Waals surface area contributed by atoms with Crippen LogP contribution in [0.4, 0.5) is 13.6 Å². The van der Waals surface area contributed by atoms with Crippen LogP contribution in [0, 0.1) is 11.6 Å². The maximum absolute atomic E-state index is 13.1. The Morgan fingerprint density at radius 2 is 2.18 bits per heavy atom. The predicted octanol–water partition coefficient (Wildman–Crippen LogP) is 1.59. The van der Waals surface area contributed by atoms with Crippen LogP contribution in [-0.4, -0.2) is 35.7 Å². The summed E-state index contributed by atoms with van der Waals surface area (Å²) in [7, 11) is 0. The Hall–Kier alpha value is -1.69. The molecule has 2 N–H and O–H groups in total. The molecule has 0 bridgehead atoms. The molecule has 1 amide bonds. The standard InChI is InChI=1S/C11H12F2N2O2/c12-8-2-1-7(5-9(8)13)10-6-15(11(16)17)4-3-14-10/h1-2,5,10,14H,3-4,6H2,(H,16,17). The number of amides is 1. The molecule has 1 aliphatic rings. The molecular weight excluding hydrogens is 230 g/mol. The van der Waals surface area contributed by atoms with Gasteiger partial charge in [-0.1, -0.05) is 6.07 Å². The van der Waals surface area contributed by atoms with Gasteiger partial charge in [-0.25, -0.2) is 13.6 Å². The predicted molar refractivity (Wildman–Crippen MR) is 56.7 cm³/mol. The molecule has 1 aromatic carbocycles. The first-order valence-corrected chi connectivity index (χ1v) is 5.24. The molecule has 4 nitrogen and oxygen atoms in total. The van der Waals surface area contributed by atoms with Gasteiger partial charge < -0.3 is 15.3 Å². The quantitative estimate of drug-likeness (QED) is 0.786. The third-order valence-electron chi connectivity index (χ3n) is 2.79. The van der Waals surface area contributed by atoms with Crippen LogP contribution >= 0.6 is 0 Å². The molecule has 0 spiro atoms. The average molecular weight is 242 g/mol. The zero-order valence-corrected chi connectivity index (χ0v) is 8.99. The van der Waals surface area contributed by atoms with Gasteiger partial charge in [0.25, 0.3) is 0 Å². The van der Waals surface area contributed by atoms with Crippen LogP contribution in [0.2, 0.25) is 0 Å². The zero-order valence-electron chi connectivity index (χ0n) is 8.99. The molecule has 0 aliphatic carbocycles. The van der Waals surface area contributed by atoms with Gasteiger partial charge in [-0.3, -0.25) is 0 Å². The molecular formula is C11H12F2N2O2. The molecule has 1 heterocycles. The Bertz CT molecular complexity index is 439. The number of halogens is 2. The van der Waals surface area contributed by atoms with Crippen molar-refractivity contribution < 1.29 is 18.7 Å². The van der Waals surface area contributed by atoms with Crippen LogP contribution in [0.25, 0.3) is 0 Å². The Kier molecular flexibility index (Phi) is 3.23. The first kappa shape index (κ1) is 11.8. The molecule has 2 rings (SSSR count). The zero-order chi connectivity index (χ0) is 12.4. The summed E-state index contributed by atoms with van der Waals surface area (Å²) in [6.07, 6.45) is -1.00. The van der Waals surface area contributed by atoms with Crippen molar-refractivity contribution in [2.75, 3.05) is 19.6 Å². The fourth-order valence-electron chi connectivity index (χ4n) is 1.88. The number of carboxylic acid groups (broad SMARTS) is 1. The van der Waals surface area contributed by atoms with Crippen molar-refractivity contribution in [2.45, 2.75) is 6.04 Å². The minimum absolute atomic E-state index is 0.237. The molecule has 17 heavy (non-hydrogen) atoms. The maximum atomic E-state index is 13.1. The number of carbonyl (C=O) groups is 1. The van der Waals surface area contributed by atoms with Gasteiger partial charge in [0.1, 0.15) is 0 Å². The summed E-state index contributed by atoms with van der Waals surface area (Å²) < 4.78 is 25.8. The van der Waals surface area contributed by atoms with E-state index in [0.29, 0.717) is 18.7 Å². The lowest BCUT2D eigenvalue weighted by Crippen LogP contribution is -2.47. The monoisotopic (exact) mass is 242 g/mol. The van der Waals surface area contributed by atoms with E-state index in [1.165, 1.54) is 11.0 Å². The highest BCUT2D eigenvalue weighted by molar-refractivity contribution is 5.65. The lowest BCUT2D eigenvalue weighted by molar-refractivity contribution is 0.129. The molecule has 1 atom stereocenters. The van der Waals surface area contributed by atoms with E-state index >= 15 is 0 Å². The van der Waals surface area contributed by atoms with Crippen LogP contribution in [0.15, 0.2) is 18.2 Å². The molecule has 92 valence electrons. The molecule has 0 radical (unpaired) electrons. The van der Waals surface area contributed by atoms with E-state index in [-0.39, 0.29) is 12.6 Å². The van der Waals surface area contributed by atoms with E-state index in [1.54, 1.807) is 0 Å². The van der Waals surface area contributed by atoms with Crippen molar-refractivity contribution >= 4 is 6.09 Å². The highest BCUT2D eigenvalue weighted by Gasteiger charge is 2.24. The van der Waals surface area contributed by atoms with E-state index in [9.17, 15) is 13.6 Å². The van der Waals surface area contributed by atoms with Gasteiger partial charge in [0, 0.05) is 19.6 Å². The Morgan fingerprint density at radius 3 is 2.82 bits per heavy atom. The first-order chi connectivity index (χ1) is 8.08. The number of nitrogens with zero attached hydrogens (tertiary/aromatic N) is 1. The summed E-state index contributed by atoms with van der Waals surface area (Å²) in [6.45, 7) is 1.13. The third-order valence-corrected chi connectivity index (χ3v) is 2.79. The summed E-state index contributed by atoms with van der Waals surface area (Å²) in [4.78, 5) is 12.1. The highest BCUT2D eigenvalue weighted by atomic mass is 19.2. The van der Waals surface area contributed by atoms with Crippen molar-refractivity contribution in [2.24, 2.45) is 0 Å². The summed E-state index contributed by atoms with van der Waals surface area (Å²) >= 11 is 0. The van der Waals surface area contributed by atoms with Crippen LogP contribution in [0.3, 0.4) is 0 Å². The fraction of sp³-hybridized carbons (Fsp3) is 0.364. The second-order valence-corrected chi connectivity index (χ2v) is 3.91. The molecule has 1 fully saturated rings. The van der Waals surface area contributed by atoms with Crippen LogP contribution in [0.5, 0.6) is 0 Å². The smallest absolute Gasteiger partial charge is 0.407 e. The van der Waals surface area contributed by atoms with Gasteiger partial charge in [0.15, 0.2) is 11.6 Å². The number of nitrogens with one attached hydrogen (secondary N) is 1. The van der Waals surface area contributed by atoms with Gasteiger partial charge in [-0.05, 0) is 17.7 Å².